The standard InChI is InChI=1S/C24H34N4O2/c1-17-13-19-15-22(29-4)23(30-5)16-21(19)24(27(3)25-17)18-7-6-8-20(14-18)28-11-9-26(2)10-12-28/h6-8,14-17,24-25H,9-13H2,1-5H3. The van der Waals surface area contributed by atoms with Crippen molar-refractivity contribution in [2.75, 3.05) is 59.4 Å². The Bertz CT molecular complexity index is 880. The third-order valence-electron chi connectivity index (χ3n) is 6.33. The zero-order valence-corrected chi connectivity index (χ0v) is 18.8. The highest BCUT2D eigenvalue weighted by Gasteiger charge is 2.29. The number of benzene rings is 2. The SMILES string of the molecule is COc1cc2c(cc1OC)C(c1cccc(N3CCN(C)CC3)c1)N(C)NC(C)C2. The molecule has 0 saturated carbocycles. The lowest BCUT2D eigenvalue weighted by molar-refractivity contribution is 0.172. The maximum Gasteiger partial charge on any atom is 0.161 e. The van der Waals surface area contributed by atoms with Crippen LogP contribution in [0.3, 0.4) is 0 Å². The molecule has 6 heteroatoms. The third-order valence-corrected chi connectivity index (χ3v) is 6.33. The van der Waals surface area contributed by atoms with Crippen molar-refractivity contribution in [2.24, 2.45) is 0 Å². The van der Waals surface area contributed by atoms with Crippen molar-refractivity contribution >= 4 is 5.69 Å². The number of hydrogen-bond acceptors (Lipinski definition) is 6. The van der Waals surface area contributed by atoms with Gasteiger partial charge in [-0.3, -0.25) is 5.43 Å². The van der Waals surface area contributed by atoms with Gasteiger partial charge >= 0.3 is 0 Å². The number of hydrazine groups is 1. The summed E-state index contributed by atoms with van der Waals surface area (Å²) in [5.41, 5.74) is 8.79. The van der Waals surface area contributed by atoms with Gasteiger partial charge in [-0.05, 0) is 61.3 Å². The van der Waals surface area contributed by atoms with Gasteiger partial charge in [0.15, 0.2) is 11.5 Å². The van der Waals surface area contributed by atoms with Gasteiger partial charge in [-0.2, -0.15) is 0 Å². The van der Waals surface area contributed by atoms with E-state index in [1.165, 1.54) is 22.4 Å². The number of likely N-dealkylation sites (N-methyl/N-ethyl adjacent to an activating group) is 1. The van der Waals surface area contributed by atoms with Crippen LogP contribution in [0.2, 0.25) is 0 Å². The maximum absolute atomic E-state index is 5.64. The van der Waals surface area contributed by atoms with Crippen LogP contribution in [0.1, 0.15) is 29.7 Å². The van der Waals surface area contributed by atoms with Gasteiger partial charge in [0.05, 0.1) is 20.3 Å². The molecule has 4 rings (SSSR count). The number of piperazine rings is 1. The predicted molar refractivity (Wildman–Crippen MR) is 122 cm³/mol. The van der Waals surface area contributed by atoms with Gasteiger partial charge < -0.3 is 19.3 Å². The van der Waals surface area contributed by atoms with E-state index in [1.807, 2.05) is 0 Å². The Kier molecular flexibility index (Phi) is 6.18. The second-order valence-corrected chi connectivity index (χ2v) is 8.54. The number of methoxy groups -OCH3 is 2. The Labute approximate surface area is 180 Å². The molecule has 2 aliphatic rings. The smallest absolute Gasteiger partial charge is 0.161 e. The molecule has 162 valence electrons. The number of anilines is 1. The van der Waals surface area contributed by atoms with E-state index in [2.05, 4.69) is 77.7 Å². The summed E-state index contributed by atoms with van der Waals surface area (Å²) < 4.78 is 11.2. The van der Waals surface area contributed by atoms with Crippen LogP contribution in [-0.2, 0) is 6.42 Å². The summed E-state index contributed by atoms with van der Waals surface area (Å²) in [6, 6.07) is 13.7. The van der Waals surface area contributed by atoms with Gasteiger partial charge in [-0.25, -0.2) is 5.01 Å². The normalized spacial score (nSPS) is 23.0. The van der Waals surface area contributed by atoms with Crippen molar-refractivity contribution in [3.05, 3.63) is 53.1 Å². The lowest BCUT2D eigenvalue weighted by Crippen LogP contribution is -2.44. The fourth-order valence-corrected chi connectivity index (χ4v) is 4.73. The molecular formula is C24H34N4O2. The molecule has 1 fully saturated rings. The van der Waals surface area contributed by atoms with Crippen LogP contribution >= 0.6 is 0 Å². The summed E-state index contributed by atoms with van der Waals surface area (Å²) in [5, 5.41) is 2.24. The minimum absolute atomic E-state index is 0.0946. The van der Waals surface area contributed by atoms with E-state index in [-0.39, 0.29) is 6.04 Å². The summed E-state index contributed by atoms with van der Waals surface area (Å²) in [6.07, 6.45) is 0.939. The van der Waals surface area contributed by atoms with E-state index in [9.17, 15) is 0 Å². The van der Waals surface area contributed by atoms with E-state index in [0.29, 0.717) is 6.04 Å². The van der Waals surface area contributed by atoms with Gasteiger partial charge in [0, 0.05) is 45.0 Å². The number of nitrogens with one attached hydrogen (secondary N) is 1. The van der Waals surface area contributed by atoms with Crippen LogP contribution in [0.5, 0.6) is 11.5 Å². The molecule has 6 nitrogen and oxygen atoms in total. The number of nitrogens with zero attached hydrogens (tertiary/aromatic N) is 3. The molecule has 0 radical (unpaired) electrons. The van der Waals surface area contributed by atoms with Crippen LogP contribution < -0.4 is 19.8 Å². The molecule has 0 spiro atoms. The van der Waals surface area contributed by atoms with Gasteiger partial charge in [-0.15, -0.1) is 0 Å². The molecule has 1 saturated heterocycles. The Morgan fingerprint density at radius 1 is 0.933 bits per heavy atom. The maximum atomic E-state index is 5.64. The highest BCUT2D eigenvalue weighted by Crippen LogP contribution is 2.39. The van der Waals surface area contributed by atoms with Crippen molar-refractivity contribution in [1.29, 1.82) is 0 Å². The van der Waals surface area contributed by atoms with E-state index < -0.39 is 0 Å². The molecule has 2 heterocycles. The van der Waals surface area contributed by atoms with Gasteiger partial charge in [0.1, 0.15) is 0 Å². The van der Waals surface area contributed by atoms with Crippen LogP contribution in [-0.4, -0.2) is 70.4 Å². The number of hydrogen-bond donors (Lipinski definition) is 1. The number of ether oxygens (including phenoxy) is 2. The van der Waals surface area contributed by atoms with Crippen LogP contribution in [0.4, 0.5) is 5.69 Å². The molecule has 2 atom stereocenters. The molecule has 0 aromatic heterocycles. The first-order valence-electron chi connectivity index (χ1n) is 10.8. The summed E-state index contributed by atoms with van der Waals surface area (Å²) in [7, 11) is 7.73. The number of rotatable bonds is 4. The monoisotopic (exact) mass is 410 g/mol. The second kappa shape index (κ2) is 8.84. The second-order valence-electron chi connectivity index (χ2n) is 8.54. The van der Waals surface area contributed by atoms with Crippen molar-refractivity contribution in [3.63, 3.8) is 0 Å². The summed E-state index contributed by atoms with van der Waals surface area (Å²) in [4.78, 5) is 4.88. The summed E-state index contributed by atoms with van der Waals surface area (Å²) >= 11 is 0. The fraction of sp³-hybridized carbons (Fsp3) is 0.500. The summed E-state index contributed by atoms with van der Waals surface area (Å²) in [5.74, 6) is 1.57. The first kappa shape index (κ1) is 21.0. The Morgan fingerprint density at radius 3 is 2.33 bits per heavy atom. The Balaban J connectivity index is 1.75. The van der Waals surface area contributed by atoms with Crippen molar-refractivity contribution in [2.45, 2.75) is 25.4 Å². The third kappa shape index (κ3) is 4.13. The zero-order valence-electron chi connectivity index (χ0n) is 18.8. The first-order chi connectivity index (χ1) is 14.5. The minimum atomic E-state index is 0.0946. The molecule has 1 N–H and O–H groups in total. The van der Waals surface area contributed by atoms with Gasteiger partial charge in [0.2, 0.25) is 0 Å². The van der Waals surface area contributed by atoms with E-state index in [1.54, 1.807) is 14.2 Å². The van der Waals surface area contributed by atoms with Crippen LogP contribution in [0.15, 0.2) is 36.4 Å². The van der Waals surface area contributed by atoms with Crippen LogP contribution in [0, 0.1) is 0 Å². The lowest BCUT2D eigenvalue weighted by atomic mass is 9.91. The highest BCUT2D eigenvalue weighted by molar-refractivity contribution is 5.54. The molecule has 30 heavy (non-hydrogen) atoms. The Morgan fingerprint density at radius 2 is 1.63 bits per heavy atom. The van der Waals surface area contributed by atoms with Gasteiger partial charge in [0.25, 0.3) is 0 Å². The van der Waals surface area contributed by atoms with Gasteiger partial charge in [-0.1, -0.05) is 12.1 Å². The van der Waals surface area contributed by atoms with E-state index in [4.69, 9.17) is 9.47 Å². The fourth-order valence-electron chi connectivity index (χ4n) is 4.73. The van der Waals surface area contributed by atoms with E-state index in [0.717, 1.165) is 44.1 Å². The zero-order chi connectivity index (χ0) is 21.3. The molecule has 2 unspecified atom stereocenters. The largest absolute Gasteiger partial charge is 0.493 e. The first-order valence-corrected chi connectivity index (χ1v) is 10.8. The lowest BCUT2D eigenvalue weighted by Gasteiger charge is -2.35. The molecule has 0 bridgehead atoms. The van der Waals surface area contributed by atoms with Crippen molar-refractivity contribution < 1.29 is 9.47 Å². The topological polar surface area (TPSA) is 40.2 Å². The van der Waals surface area contributed by atoms with Crippen molar-refractivity contribution in [3.8, 4) is 11.5 Å². The quantitative estimate of drug-likeness (QED) is 0.836. The molecule has 0 aliphatic carbocycles. The molecule has 2 aliphatic heterocycles. The van der Waals surface area contributed by atoms with Crippen molar-refractivity contribution in [1.82, 2.24) is 15.3 Å². The minimum Gasteiger partial charge on any atom is -0.493 e. The molecular weight excluding hydrogens is 376 g/mol. The highest BCUT2D eigenvalue weighted by atomic mass is 16.5. The average Bonchev–Trinajstić information content (AvgIpc) is 2.87. The molecule has 2 aromatic carbocycles. The average molecular weight is 411 g/mol. The predicted octanol–water partition coefficient (Wildman–Crippen LogP) is 2.93. The molecule has 2 aromatic rings. The van der Waals surface area contributed by atoms with Crippen LogP contribution in [0.25, 0.3) is 0 Å². The number of fused-ring (bicyclic) bond motifs is 1. The molecule has 0 amide bonds. The van der Waals surface area contributed by atoms with E-state index >= 15 is 0 Å². The summed E-state index contributed by atoms with van der Waals surface area (Å²) in [6.45, 7) is 6.56. The Hall–Kier alpha value is -2.28.